The first-order valence-electron chi connectivity index (χ1n) is 7.66. The topological polar surface area (TPSA) is 32.3 Å². The Morgan fingerprint density at radius 1 is 1.30 bits per heavy atom. The predicted octanol–water partition coefficient (Wildman–Crippen LogP) is 3.25. The van der Waals surface area contributed by atoms with E-state index >= 15 is 0 Å². The van der Waals surface area contributed by atoms with Crippen molar-refractivity contribution in [2.75, 3.05) is 6.54 Å². The maximum absolute atomic E-state index is 12.6. The Kier molecular flexibility index (Phi) is 4.81. The minimum atomic E-state index is -0.0360. The zero-order valence-corrected chi connectivity index (χ0v) is 13.0. The number of nitrogens with zero attached hydrogens (tertiary/aromatic N) is 1. The summed E-state index contributed by atoms with van der Waals surface area (Å²) in [4.78, 5) is 14.6. The molecule has 1 aromatic carbocycles. The van der Waals surface area contributed by atoms with E-state index in [1.165, 1.54) is 11.1 Å². The van der Waals surface area contributed by atoms with Gasteiger partial charge in [0.1, 0.15) is 6.17 Å². The molecule has 20 heavy (non-hydrogen) atoms. The second-order valence-corrected chi connectivity index (χ2v) is 6.14. The van der Waals surface area contributed by atoms with Crippen molar-refractivity contribution < 1.29 is 4.79 Å². The molecule has 1 saturated heterocycles. The Morgan fingerprint density at radius 2 is 2.00 bits per heavy atom. The first-order chi connectivity index (χ1) is 9.54. The second-order valence-electron chi connectivity index (χ2n) is 6.14. The smallest absolute Gasteiger partial charge is 0.241 e. The fourth-order valence-electron chi connectivity index (χ4n) is 2.95. The van der Waals surface area contributed by atoms with Crippen LogP contribution in [0.2, 0.25) is 0 Å². The summed E-state index contributed by atoms with van der Waals surface area (Å²) in [5, 5.41) is 3.54. The highest BCUT2D eigenvalue weighted by atomic mass is 16.2. The number of carbonyl (C=O) groups is 1. The lowest BCUT2D eigenvalue weighted by Crippen LogP contribution is -2.32. The summed E-state index contributed by atoms with van der Waals surface area (Å²) in [5.41, 5.74) is 2.46. The van der Waals surface area contributed by atoms with Gasteiger partial charge >= 0.3 is 0 Å². The van der Waals surface area contributed by atoms with Crippen molar-refractivity contribution in [3.8, 4) is 0 Å². The van der Waals surface area contributed by atoms with E-state index in [0.29, 0.717) is 5.92 Å². The van der Waals surface area contributed by atoms with Gasteiger partial charge in [0.2, 0.25) is 5.91 Å². The van der Waals surface area contributed by atoms with Gasteiger partial charge in [0.05, 0.1) is 6.04 Å². The standard InChI is InChI=1S/C17H26N2O/c1-5-10-19-16(14-9-7-6-8-13(14)4)18-15(17(19)20)11-12(2)3/h6-9,12,15-16,18H,5,10-11H2,1-4H3. The third-order valence-electron chi connectivity index (χ3n) is 3.91. The lowest BCUT2D eigenvalue weighted by molar-refractivity contribution is -0.130. The quantitative estimate of drug-likeness (QED) is 0.894. The van der Waals surface area contributed by atoms with Gasteiger partial charge in [-0.3, -0.25) is 10.1 Å². The number of benzene rings is 1. The van der Waals surface area contributed by atoms with Gasteiger partial charge in [0.15, 0.2) is 0 Å². The van der Waals surface area contributed by atoms with Crippen LogP contribution < -0.4 is 5.32 Å². The lowest BCUT2D eigenvalue weighted by Gasteiger charge is -2.25. The lowest BCUT2D eigenvalue weighted by atomic mass is 10.0. The molecule has 1 aliphatic rings. The molecule has 1 fully saturated rings. The first kappa shape index (κ1) is 15.0. The number of hydrogen-bond acceptors (Lipinski definition) is 2. The van der Waals surface area contributed by atoms with Crippen LogP contribution in [0.25, 0.3) is 0 Å². The monoisotopic (exact) mass is 274 g/mol. The molecule has 1 aliphatic heterocycles. The van der Waals surface area contributed by atoms with Crippen molar-refractivity contribution in [1.29, 1.82) is 0 Å². The van der Waals surface area contributed by atoms with Crippen molar-refractivity contribution in [2.24, 2.45) is 5.92 Å². The number of hydrogen-bond donors (Lipinski definition) is 1. The molecule has 0 bridgehead atoms. The third kappa shape index (κ3) is 3.04. The molecule has 1 N–H and O–H groups in total. The van der Waals surface area contributed by atoms with Gasteiger partial charge < -0.3 is 4.90 Å². The zero-order valence-electron chi connectivity index (χ0n) is 13.0. The minimum absolute atomic E-state index is 0.0346. The molecule has 0 spiro atoms. The third-order valence-corrected chi connectivity index (χ3v) is 3.91. The molecular formula is C17H26N2O. The normalized spacial score (nSPS) is 22.9. The van der Waals surface area contributed by atoms with E-state index in [4.69, 9.17) is 0 Å². The van der Waals surface area contributed by atoms with Crippen molar-refractivity contribution in [1.82, 2.24) is 10.2 Å². The van der Waals surface area contributed by atoms with Crippen LogP contribution in [0.1, 0.15) is 50.9 Å². The van der Waals surface area contributed by atoms with Crippen LogP contribution in [0.3, 0.4) is 0 Å². The van der Waals surface area contributed by atoms with E-state index in [2.05, 4.69) is 45.1 Å². The highest BCUT2D eigenvalue weighted by Gasteiger charge is 2.39. The molecule has 0 aromatic heterocycles. The molecule has 2 unspecified atom stereocenters. The van der Waals surface area contributed by atoms with E-state index in [9.17, 15) is 4.79 Å². The van der Waals surface area contributed by atoms with Gasteiger partial charge in [0.25, 0.3) is 0 Å². The molecule has 3 heteroatoms. The molecule has 0 radical (unpaired) electrons. The highest BCUT2D eigenvalue weighted by molar-refractivity contribution is 5.84. The summed E-state index contributed by atoms with van der Waals surface area (Å²) in [7, 11) is 0. The molecule has 2 atom stereocenters. The average Bonchev–Trinajstić information content (AvgIpc) is 2.68. The second kappa shape index (κ2) is 6.40. The summed E-state index contributed by atoms with van der Waals surface area (Å²) in [6.45, 7) is 9.39. The molecule has 0 aliphatic carbocycles. The summed E-state index contributed by atoms with van der Waals surface area (Å²) in [6, 6.07) is 8.30. The number of amides is 1. The van der Waals surface area contributed by atoms with Crippen LogP contribution in [-0.2, 0) is 4.79 Å². The summed E-state index contributed by atoms with van der Waals surface area (Å²) >= 11 is 0. The maximum Gasteiger partial charge on any atom is 0.241 e. The Labute approximate surface area is 122 Å². The van der Waals surface area contributed by atoms with Crippen molar-refractivity contribution >= 4 is 5.91 Å². The highest BCUT2D eigenvalue weighted by Crippen LogP contribution is 2.29. The largest absolute Gasteiger partial charge is 0.322 e. The van der Waals surface area contributed by atoms with Gasteiger partial charge in [-0.1, -0.05) is 45.0 Å². The Hall–Kier alpha value is -1.35. The Balaban J connectivity index is 2.26. The molecular weight excluding hydrogens is 248 g/mol. The van der Waals surface area contributed by atoms with Gasteiger partial charge in [0, 0.05) is 6.54 Å². The van der Waals surface area contributed by atoms with Crippen LogP contribution in [0.4, 0.5) is 0 Å². The molecule has 110 valence electrons. The van der Waals surface area contributed by atoms with Crippen molar-refractivity contribution in [3.05, 3.63) is 35.4 Å². The number of carbonyl (C=O) groups excluding carboxylic acids is 1. The molecule has 3 nitrogen and oxygen atoms in total. The first-order valence-corrected chi connectivity index (χ1v) is 7.66. The number of rotatable bonds is 5. The van der Waals surface area contributed by atoms with Crippen LogP contribution in [0, 0.1) is 12.8 Å². The average molecular weight is 274 g/mol. The van der Waals surface area contributed by atoms with Crippen LogP contribution in [0.5, 0.6) is 0 Å². The molecule has 0 saturated carbocycles. The Morgan fingerprint density at radius 3 is 2.60 bits per heavy atom. The van der Waals surface area contributed by atoms with Gasteiger partial charge in [-0.2, -0.15) is 0 Å². The van der Waals surface area contributed by atoms with Gasteiger partial charge in [-0.25, -0.2) is 0 Å². The summed E-state index contributed by atoms with van der Waals surface area (Å²) in [5.74, 6) is 0.782. The molecule has 1 heterocycles. The number of nitrogens with one attached hydrogen (secondary N) is 1. The van der Waals surface area contributed by atoms with E-state index in [1.54, 1.807) is 0 Å². The number of aryl methyl sites for hydroxylation is 1. The van der Waals surface area contributed by atoms with Crippen molar-refractivity contribution in [2.45, 2.75) is 52.7 Å². The fraction of sp³-hybridized carbons (Fsp3) is 0.588. The van der Waals surface area contributed by atoms with Crippen LogP contribution in [0.15, 0.2) is 24.3 Å². The fourth-order valence-corrected chi connectivity index (χ4v) is 2.95. The van der Waals surface area contributed by atoms with E-state index < -0.39 is 0 Å². The van der Waals surface area contributed by atoms with Crippen LogP contribution in [-0.4, -0.2) is 23.4 Å². The van der Waals surface area contributed by atoms with E-state index in [1.807, 2.05) is 17.0 Å². The summed E-state index contributed by atoms with van der Waals surface area (Å²) in [6.07, 6.45) is 1.93. The van der Waals surface area contributed by atoms with Gasteiger partial charge in [-0.15, -0.1) is 0 Å². The maximum atomic E-state index is 12.6. The van der Waals surface area contributed by atoms with Crippen molar-refractivity contribution in [3.63, 3.8) is 0 Å². The summed E-state index contributed by atoms with van der Waals surface area (Å²) < 4.78 is 0. The molecule has 1 aromatic rings. The zero-order chi connectivity index (χ0) is 14.7. The molecule has 1 amide bonds. The van der Waals surface area contributed by atoms with Gasteiger partial charge in [-0.05, 0) is 36.8 Å². The molecule has 2 rings (SSSR count). The Bertz CT molecular complexity index is 470. The minimum Gasteiger partial charge on any atom is -0.322 e. The van der Waals surface area contributed by atoms with E-state index in [0.717, 1.165) is 19.4 Å². The van der Waals surface area contributed by atoms with E-state index in [-0.39, 0.29) is 18.1 Å². The van der Waals surface area contributed by atoms with Crippen LogP contribution >= 0.6 is 0 Å². The SMILES string of the molecule is CCCN1C(=O)C(CC(C)C)NC1c1ccccc1C. The predicted molar refractivity (Wildman–Crippen MR) is 82.3 cm³/mol.